The zero-order valence-electron chi connectivity index (χ0n) is 14.7. The average molecular weight is 481 g/mol. The Morgan fingerprint density at radius 2 is 1.32 bits per heavy atom. The number of carboxylic acids is 1. The fourth-order valence-electron chi connectivity index (χ4n) is 1.10. The highest BCUT2D eigenvalue weighted by Gasteiger charge is 2.28. The molecular formula is C15H19ClF6N6O3. The van der Waals surface area contributed by atoms with Crippen LogP contribution in [0.4, 0.5) is 26.3 Å². The molecule has 0 spiro atoms. The van der Waals surface area contributed by atoms with Crippen molar-refractivity contribution in [2.24, 2.45) is 5.73 Å². The Bertz CT molecular complexity index is 750. The topological polar surface area (TPSA) is 144 Å². The van der Waals surface area contributed by atoms with Crippen LogP contribution in [0.3, 0.4) is 0 Å². The molecule has 0 fully saturated rings. The van der Waals surface area contributed by atoms with Crippen LogP contribution >= 0.6 is 12.4 Å². The van der Waals surface area contributed by atoms with Crippen molar-refractivity contribution in [2.75, 3.05) is 13.1 Å². The number of aromatic carboxylic acids is 1. The number of hydrogen-bond acceptors (Lipinski definition) is 7. The van der Waals surface area contributed by atoms with Gasteiger partial charge in [0.25, 0.3) is 5.91 Å². The quantitative estimate of drug-likeness (QED) is 0.568. The van der Waals surface area contributed by atoms with Crippen molar-refractivity contribution in [3.05, 3.63) is 48.6 Å². The minimum atomic E-state index is -4.42. The van der Waals surface area contributed by atoms with Gasteiger partial charge in [-0.25, -0.2) is 14.8 Å². The summed E-state index contributed by atoms with van der Waals surface area (Å²) in [6.07, 6.45) is -1.01. The summed E-state index contributed by atoms with van der Waals surface area (Å²) < 4.78 is 67.0. The summed E-state index contributed by atoms with van der Waals surface area (Å²) in [4.78, 5) is 35.2. The number of carboxylic acid groups (broad SMARTS) is 1. The second-order valence-electron chi connectivity index (χ2n) is 4.60. The molecule has 0 bridgehead atoms. The van der Waals surface area contributed by atoms with Gasteiger partial charge >= 0.3 is 18.3 Å². The van der Waals surface area contributed by atoms with Crippen LogP contribution < -0.4 is 11.1 Å². The van der Waals surface area contributed by atoms with E-state index >= 15 is 0 Å². The van der Waals surface area contributed by atoms with Crippen LogP contribution in [0.15, 0.2) is 37.2 Å². The number of hydrogen-bond donors (Lipinski definition) is 3. The maximum Gasteiger partial charge on any atom is 0.405 e. The normalized spacial score (nSPS) is 9.90. The van der Waals surface area contributed by atoms with Crippen molar-refractivity contribution < 1.29 is 41.0 Å². The largest absolute Gasteiger partial charge is 0.476 e. The van der Waals surface area contributed by atoms with E-state index in [1.807, 2.05) is 0 Å². The molecule has 4 N–H and O–H groups in total. The number of nitrogens with zero attached hydrogens (tertiary/aromatic N) is 4. The summed E-state index contributed by atoms with van der Waals surface area (Å²) in [5.74, 6) is -1.95. The van der Waals surface area contributed by atoms with E-state index in [9.17, 15) is 35.9 Å². The maximum atomic E-state index is 11.7. The zero-order chi connectivity index (χ0) is 22.5. The Balaban J connectivity index is -0.000000401. The van der Waals surface area contributed by atoms with Crippen LogP contribution in [0, 0.1) is 0 Å². The summed E-state index contributed by atoms with van der Waals surface area (Å²) in [5.41, 5.74) is 4.01. The minimum Gasteiger partial charge on any atom is -0.476 e. The number of amides is 1. The molecule has 0 radical (unpaired) electrons. The van der Waals surface area contributed by atoms with E-state index in [-0.39, 0.29) is 31.2 Å². The van der Waals surface area contributed by atoms with Gasteiger partial charge in [-0.05, 0) is 0 Å². The molecule has 2 rings (SSSR count). The number of aromatic nitrogens is 4. The fraction of sp³-hybridized carbons (Fsp3) is 0.333. The molecule has 2 heterocycles. The first-order valence-corrected chi connectivity index (χ1v) is 7.23. The van der Waals surface area contributed by atoms with E-state index in [4.69, 9.17) is 5.11 Å². The summed E-state index contributed by atoms with van der Waals surface area (Å²) in [5, 5.41) is 9.95. The van der Waals surface area contributed by atoms with Gasteiger partial charge in [-0.1, -0.05) is 7.43 Å². The molecule has 0 atom stereocenters. The Hall–Kier alpha value is -3.07. The molecule has 16 heteroatoms. The van der Waals surface area contributed by atoms with Crippen LogP contribution in [0.25, 0.3) is 0 Å². The number of halogens is 7. The Labute approximate surface area is 178 Å². The third kappa shape index (κ3) is 18.7. The molecule has 9 nitrogen and oxygen atoms in total. The van der Waals surface area contributed by atoms with Crippen LogP contribution in [-0.2, 0) is 0 Å². The van der Waals surface area contributed by atoms with Gasteiger partial charge < -0.3 is 16.2 Å². The van der Waals surface area contributed by atoms with Gasteiger partial charge in [0, 0.05) is 24.8 Å². The molecule has 31 heavy (non-hydrogen) atoms. The number of alkyl halides is 6. The van der Waals surface area contributed by atoms with E-state index in [1.165, 1.54) is 31.0 Å². The number of carbonyl (C=O) groups is 2. The van der Waals surface area contributed by atoms with E-state index < -0.39 is 37.3 Å². The van der Waals surface area contributed by atoms with Gasteiger partial charge in [-0.3, -0.25) is 14.8 Å². The van der Waals surface area contributed by atoms with Crippen molar-refractivity contribution in [2.45, 2.75) is 19.8 Å². The molecule has 0 aliphatic heterocycles. The van der Waals surface area contributed by atoms with Gasteiger partial charge in [-0.15, -0.1) is 12.4 Å². The summed E-state index contributed by atoms with van der Waals surface area (Å²) in [7, 11) is 0. The Kier molecular flexibility index (Phi) is 16.5. The number of nitrogens with two attached hydrogens (primary N) is 1. The van der Waals surface area contributed by atoms with Crippen molar-refractivity contribution in [3.8, 4) is 0 Å². The zero-order valence-corrected chi connectivity index (χ0v) is 15.5. The average Bonchev–Trinajstić information content (AvgIpc) is 2.67. The highest BCUT2D eigenvalue weighted by Crippen LogP contribution is 2.12. The first-order chi connectivity index (χ1) is 13.4. The molecule has 0 unspecified atom stereocenters. The Morgan fingerprint density at radius 3 is 1.58 bits per heavy atom. The van der Waals surface area contributed by atoms with E-state index in [0.29, 0.717) is 0 Å². The number of carbonyl (C=O) groups excluding carboxylic acids is 1. The lowest BCUT2D eigenvalue weighted by Crippen LogP contribution is -2.34. The van der Waals surface area contributed by atoms with Crippen molar-refractivity contribution in [1.82, 2.24) is 25.3 Å². The summed E-state index contributed by atoms with van der Waals surface area (Å²) in [6, 6.07) is 0. The molecule has 2 aromatic heterocycles. The first-order valence-electron chi connectivity index (χ1n) is 7.23. The predicted molar refractivity (Wildman–Crippen MR) is 98.5 cm³/mol. The van der Waals surface area contributed by atoms with Gasteiger partial charge in [-0.2, -0.15) is 26.3 Å². The second-order valence-corrected chi connectivity index (χ2v) is 4.60. The SMILES string of the molecule is C.Cl.NCC(F)(F)F.O=C(NCC(F)(F)F)c1cnccn1.O=C(O)c1cnccn1. The lowest BCUT2D eigenvalue weighted by atomic mass is 10.4. The van der Waals surface area contributed by atoms with Crippen molar-refractivity contribution in [3.63, 3.8) is 0 Å². The van der Waals surface area contributed by atoms with Crippen LogP contribution in [0.2, 0.25) is 0 Å². The van der Waals surface area contributed by atoms with Gasteiger partial charge in [0.1, 0.15) is 12.2 Å². The molecule has 0 saturated carbocycles. The third-order valence-electron chi connectivity index (χ3n) is 2.26. The molecule has 0 aliphatic carbocycles. The maximum absolute atomic E-state index is 11.7. The van der Waals surface area contributed by atoms with E-state index in [0.717, 1.165) is 6.20 Å². The van der Waals surface area contributed by atoms with Crippen molar-refractivity contribution >= 4 is 24.3 Å². The number of nitrogens with one attached hydrogen (secondary N) is 1. The molecular weight excluding hydrogens is 462 g/mol. The highest BCUT2D eigenvalue weighted by atomic mass is 35.5. The highest BCUT2D eigenvalue weighted by molar-refractivity contribution is 5.91. The van der Waals surface area contributed by atoms with Gasteiger partial charge in [0.2, 0.25) is 0 Å². The molecule has 1 amide bonds. The fourth-order valence-corrected chi connectivity index (χ4v) is 1.10. The van der Waals surface area contributed by atoms with Crippen LogP contribution in [-0.4, -0.2) is 62.4 Å². The first kappa shape index (κ1) is 32.6. The third-order valence-corrected chi connectivity index (χ3v) is 2.26. The molecule has 0 aromatic carbocycles. The van der Waals surface area contributed by atoms with Gasteiger partial charge in [0.15, 0.2) is 5.69 Å². The van der Waals surface area contributed by atoms with E-state index in [2.05, 4.69) is 25.7 Å². The lowest BCUT2D eigenvalue weighted by molar-refractivity contribution is -0.123. The summed E-state index contributed by atoms with van der Waals surface area (Å²) in [6.45, 7) is -2.60. The predicted octanol–water partition coefficient (Wildman–Crippen LogP) is 2.51. The number of rotatable bonds is 3. The second kappa shape index (κ2) is 15.7. The molecule has 0 aliphatic rings. The lowest BCUT2D eigenvalue weighted by Gasteiger charge is -2.06. The smallest absolute Gasteiger partial charge is 0.405 e. The van der Waals surface area contributed by atoms with Crippen LogP contribution in [0.5, 0.6) is 0 Å². The van der Waals surface area contributed by atoms with Crippen molar-refractivity contribution in [1.29, 1.82) is 0 Å². The minimum absolute atomic E-state index is 0. The summed E-state index contributed by atoms with van der Waals surface area (Å²) >= 11 is 0. The standard InChI is InChI=1S/C7H6F3N3O.C5H4N2O2.C2H4F3N.CH4.ClH/c8-7(9,10)4-13-6(14)5-3-11-1-2-12-5;8-5(9)4-3-6-1-2-7-4;3-2(4,5)1-6;;/h1-3H,4H2,(H,13,14);1-3H,(H,8,9);1,6H2;1H4;1H. The molecule has 2 aromatic rings. The Morgan fingerprint density at radius 1 is 0.903 bits per heavy atom. The van der Waals surface area contributed by atoms with E-state index in [1.54, 1.807) is 5.32 Å². The van der Waals surface area contributed by atoms with Crippen LogP contribution in [0.1, 0.15) is 28.4 Å². The monoisotopic (exact) mass is 480 g/mol. The molecule has 176 valence electrons. The van der Waals surface area contributed by atoms with Gasteiger partial charge in [0.05, 0.1) is 18.9 Å². The molecule has 0 saturated heterocycles.